The number of nitrogens with zero attached hydrogens (tertiary/aromatic N) is 1. The number of benzene rings is 2. The van der Waals surface area contributed by atoms with E-state index in [-0.39, 0.29) is 6.10 Å². The fourth-order valence-electron chi connectivity index (χ4n) is 3.17. The first-order valence-corrected chi connectivity index (χ1v) is 8.22. The van der Waals surface area contributed by atoms with Gasteiger partial charge >= 0.3 is 0 Å². The zero-order valence-electron chi connectivity index (χ0n) is 13.3. The van der Waals surface area contributed by atoms with Gasteiger partial charge in [-0.25, -0.2) is 0 Å². The van der Waals surface area contributed by atoms with E-state index in [0.29, 0.717) is 12.5 Å². The topological polar surface area (TPSA) is 29.5 Å². The maximum atomic E-state index is 11.4. The third kappa shape index (κ3) is 4.50. The van der Waals surface area contributed by atoms with Gasteiger partial charge in [0.1, 0.15) is 12.4 Å². The summed E-state index contributed by atoms with van der Waals surface area (Å²) < 4.78 is 5.87. The van der Waals surface area contributed by atoms with Crippen LogP contribution < -0.4 is 0 Å². The lowest BCUT2D eigenvalue weighted by Crippen LogP contribution is -2.29. The van der Waals surface area contributed by atoms with E-state index in [0.717, 1.165) is 37.9 Å². The molecule has 1 heterocycles. The van der Waals surface area contributed by atoms with Gasteiger partial charge in [-0.3, -0.25) is 4.90 Å². The first-order chi connectivity index (χ1) is 11.3. The van der Waals surface area contributed by atoms with E-state index in [1.165, 1.54) is 5.56 Å². The molecule has 2 aromatic carbocycles. The van der Waals surface area contributed by atoms with E-state index in [2.05, 4.69) is 29.2 Å². The molecule has 3 nitrogen and oxygen atoms in total. The quantitative estimate of drug-likeness (QED) is 0.735. The molecule has 1 aliphatic heterocycles. The summed E-state index contributed by atoms with van der Waals surface area (Å²) in [6.07, 6.45) is 1.68. The van der Waals surface area contributed by atoms with E-state index in [1.807, 2.05) is 36.4 Å². The summed E-state index contributed by atoms with van der Waals surface area (Å²) in [7, 11) is 0. The van der Waals surface area contributed by atoms with Crippen LogP contribution in [0.4, 0.5) is 0 Å². The second-order valence-electron chi connectivity index (χ2n) is 6.17. The number of ether oxygens (including phenoxy) is 1. The van der Waals surface area contributed by atoms with E-state index >= 15 is 0 Å². The number of aldehydes is 1. The second-order valence-corrected chi connectivity index (χ2v) is 6.17. The zero-order valence-corrected chi connectivity index (χ0v) is 13.3. The molecule has 0 spiro atoms. The molecule has 0 radical (unpaired) electrons. The van der Waals surface area contributed by atoms with E-state index in [9.17, 15) is 4.79 Å². The molecule has 0 bridgehead atoms. The number of hydrogen-bond acceptors (Lipinski definition) is 3. The number of hydrogen-bond donors (Lipinski definition) is 0. The maximum Gasteiger partial charge on any atom is 0.149 e. The van der Waals surface area contributed by atoms with Crippen molar-refractivity contribution in [1.29, 1.82) is 0 Å². The number of rotatable bonds is 7. The van der Waals surface area contributed by atoms with Gasteiger partial charge in [0.25, 0.3) is 0 Å². The lowest BCUT2D eigenvalue weighted by Gasteiger charge is -2.20. The predicted octanol–water partition coefficient (Wildman–Crippen LogP) is 3.29. The average molecular weight is 309 g/mol. The van der Waals surface area contributed by atoms with Gasteiger partial charge in [-0.15, -0.1) is 0 Å². The van der Waals surface area contributed by atoms with Crippen molar-refractivity contribution < 1.29 is 9.53 Å². The number of likely N-dealkylation sites (tertiary alicyclic amines) is 1. The first kappa shape index (κ1) is 15.9. The Morgan fingerprint density at radius 2 is 1.70 bits per heavy atom. The Morgan fingerprint density at radius 1 is 1.04 bits per heavy atom. The third-order valence-corrected chi connectivity index (χ3v) is 4.44. The number of carbonyl (C=O) groups is 1. The highest BCUT2D eigenvalue weighted by Gasteiger charge is 2.29. The molecule has 2 unspecified atom stereocenters. The highest BCUT2D eigenvalue weighted by molar-refractivity contribution is 5.56. The van der Waals surface area contributed by atoms with Crippen LogP contribution in [0, 0.1) is 5.92 Å². The van der Waals surface area contributed by atoms with Crippen LogP contribution in [0.2, 0.25) is 0 Å². The van der Waals surface area contributed by atoms with Gasteiger partial charge in [0.2, 0.25) is 0 Å². The fraction of sp³-hybridized carbons (Fsp3) is 0.350. The van der Waals surface area contributed by atoms with Gasteiger partial charge in [0.15, 0.2) is 0 Å². The second kappa shape index (κ2) is 8.04. The molecule has 0 aromatic heterocycles. The largest absolute Gasteiger partial charge is 0.366 e. The van der Waals surface area contributed by atoms with Gasteiger partial charge in [-0.1, -0.05) is 60.7 Å². The van der Waals surface area contributed by atoms with Crippen LogP contribution >= 0.6 is 0 Å². The molecule has 1 saturated heterocycles. The Kier molecular flexibility index (Phi) is 5.56. The maximum absolute atomic E-state index is 11.4. The summed E-state index contributed by atoms with van der Waals surface area (Å²) in [5.74, 6) is 0.292. The van der Waals surface area contributed by atoms with Gasteiger partial charge in [-0.2, -0.15) is 0 Å². The Labute approximate surface area is 137 Å². The van der Waals surface area contributed by atoms with Gasteiger partial charge in [0, 0.05) is 19.0 Å². The van der Waals surface area contributed by atoms with Crippen molar-refractivity contribution in [2.45, 2.75) is 25.7 Å². The summed E-state index contributed by atoms with van der Waals surface area (Å²) in [6, 6.07) is 20.5. The van der Waals surface area contributed by atoms with Crippen molar-refractivity contribution >= 4 is 6.29 Å². The van der Waals surface area contributed by atoms with Crippen LogP contribution in [0.15, 0.2) is 60.7 Å². The Hall–Kier alpha value is -1.97. The van der Waals surface area contributed by atoms with E-state index < -0.39 is 0 Å². The summed E-state index contributed by atoms with van der Waals surface area (Å²) in [4.78, 5) is 13.8. The lowest BCUT2D eigenvalue weighted by atomic mass is 10.0. The highest BCUT2D eigenvalue weighted by Crippen LogP contribution is 2.23. The van der Waals surface area contributed by atoms with Crippen molar-refractivity contribution in [1.82, 2.24) is 4.90 Å². The van der Waals surface area contributed by atoms with Gasteiger partial charge < -0.3 is 9.53 Å². The predicted molar refractivity (Wildman–Crippen MR) is 90.9 cm³/mol. The molecule has 3 heteroatoms. The Morgan fingerprint density at radius 3 is 2.35 bits per heavy atom. The molecular formula is C20H23NO2. The minimum Gasteiger partial charge on any atom is -0.366 e. The molecule has 2 aromatic rings. The Balaban J connectivity index is 1.51. The molecule has 1 fully saturated rings. The lowest BCUT2D eigenvalue weighted by molar-refractivity contribution is -0.122. The van der Waals surface area contributed by atoms with Gasteiger partial charge in [-0.05, 0) is 24.1 Å². The third-order valence-electron chi connectivity index (χ3n) is 4.44. The molecule has 0 saturated carbocycles. The average Bonchev–Trinajstić information content (AvgIpc) is 3.06. The first-order valence-electron chi connectivity index (χ1n) is 8.22. The van der Waals surface area contributed by atoms with E-state index in [4.69, 9.17) is 4.74 Å². The van der Waals surface area contributed by atoms with Crippen LogP contribution in [0.25, 0.3) is 0 Å². The van der Waals surface area contributed by atoms with Crippen molar-refractivity contribution in [2.24, 2.45) is 5.92 Å². The standard InChI is InChI=1S/C20H23NO2/c22-15-20(23-16-18-9-5-2-6-10-18)19-11-12-21(14-19)13-17-7-3-1-4-8-17/h1-10,15,19-20H,11-14,16H2. The molecule has 1 aliphatic rings. The van der Waals surface area contributed by atoms with E-state index in [1.54, 1.807) is 0 Å². The van der Waals surface area contributed by atoms with Crippen LogP contribution in [-0.4, -0.2) is 30.4 Å². The van der Waals surface area contributed by atoms with Crippen LogP contribution in [0.3, 0.4) is 0 Å². The normalized spacial score (nSPS) is 19.6. The van der Waals surface area contributed by atoms with Crippen molar-refractivity contribution in [2.75, 3.05) is 13.1 Å². The minimum atomic E-state index is -0.309. The fourth-order valence-corrected chi connectivity index (χ4v) is 3.17. The number of carbonyl (C=O) groups excluding carboxylic acids is 1. The Bertz CT molecular complexity index is 600. The molecule has 0 N–H and O–H groups in total. The zero-order chi connectivity index (χ0) is 15.9. The molecule has 3 rings (SSSR count). The summed E-state index contributed by atoms with van der Waals surface area (Å²) in [5, 5.41) is 0. The van der Waals surface area contributed by atoms with Crippen molar-refractivity contribution in [3.63, 3.8) is 0 Å². The van der Waals surface area contributed by atoms with Crippen LogP contribution in [-0.2, 0) is 22.7 Å². The summed E-state index contributed by atoms with van der Waals surface area (Å²) >= 11 is 0. The minimum absolute atomic E-state index is 0.292. The van der Waals surface area contributed by atoms with Gasteiger partial charge in [0.05, 0.1) is 6.61 Å². The molecule has 120 valence electrons. The smallest absolute Gasteiger partial charge is 0.149 e. The highest BCUT2D eigenvalue weighted by atomic mass is 16.5. The molecule has 2 atom stereocenters. The van der Waals surface area contributed by atoms with Crippen molar-refractivity contribution in [3.8, 4) is 0 Å². The van der Waals surface area contributed by atoms with Crippen LogP contribution in [0.5, 0.6) is 0 Å². The van der Waals surface area contributed by atoms with Crippen LogP contribution in [0.1, 0.15) is 17.5 Å². The summed E-state index contributed by atoms with van der Waals surface area (Å²) in [5.41, 5.74) is 2.43. The monoisotopic (exact) mass is 309 g/mol. The SMILES string of the molecule is O=CC(OCc1ccccc1)C1CCN(Cc2ccccc2)C1. The molecule has 0 amide bonds. The molecule has 0 aliphatic carbocycles. The summed E-state index contributed by atoms with van der Waals surface area (Å²) in [6.45, 7) is 3.40. The molecular weight excluding hydrogens is 286 g/mol. The molecule has 23 heavy (non-hydrogen) atoms. The van der Waals surface area contributed by atoms with Crippen molar-refractivity contribution in [3.05, 3.63) is 71.8 Å².